The standard InChI is InChI=1S/C24H29N3O3S/c1-3-16-30-20-12-10-19(11-13-20)27-22(28)17-21(23(27)29)26(24(31)25-4-2)15-14-18-8-6-5-7-9-18/h5-13,21H,3-4,14-17H2,1-2H3,(H,25,31)/t21-/m1/s1. The van der Waals surface area contributed by atoms with E-state index in [4.69, 9.17) is 17.0 Å². The maximum atomic E-state index is 13.3. The second kappa shape index (κ2) is 10.9. The second-order valence-corrected chi connectivity index (χ2v) is 7.78. The van der Waals surface area contributed by atoms with Crippen LogP contribution in [0.1, 0.15) is 32.3 Å². The Morgan fingerprint density at radius 2 is 1.84 bits per heavy atom. The third-order valence-electron chi connectivity index (χ3n) is 5.14. The van der Waals surface area contributed by atoms with Crippen molar-refractivity contribution in [1.82, 2.24) is 10.2 Å². The molecule has 0 aromatic heterocycles. The molecular weight excluding hydrogens is 410 g/mol. The number of thiocarbonyl (C=S) groups is 1. The van der Waals surface area contributed by atoms with Crippen LogP contribution in [0, 0.1) is 0 Å². The minimum absolute atomic E-state index is 0.104. The van der Waals surface area contributed by atoms with Crippen molar-refractivity contribution >= 4 is 34.8 Å². The summed E-state index contributed by atoms with van der Waals surface area (Å²) in [5, 5.41) is 3.63. The Balaban J connectivity index is 1.76. The van der Waals surface area contributed by atoms with E-state index in [0.29, 0.717) is 30.5 Å². The van der Waals surface area contributed by atoms with Crippen LogP contribution in [0.25, 0.3) is 0 Å². The first-order valence-electron chi connectivity index (χ1n) is 10.7. The lowest BCUT2D eigenvalue weighted by Gasteiger charge is -2.30. The molecule has 0 bridgehead atoms. The van der Waals surface area contributed by atoms with Gasteiger partial charge in [-0.2, -0.15) is 0 Å². The number of anilines is 1. The van der Waals surface area contributed by atoms with Crippen LogP contribution in [-0.2, 0) is 16.0 Å². The molecule has 2 aromatic rings. The highest BCUT2D eigenvalue weighted by Crippen LogP contribution is 2.28. The molecule has 1 N–H and O–H groups in total. The summed E-state index contributed by atoms with van der Waals surface area (Å²) >= 11 is 5.55. The van der Waals surface area contributed by atoms with Crippen molar-refractivity contribution in [2.24, 2.45) is 0 Å². The highest BCUT2D eigenvalue weighted by Gasteiger charge is 2.43. The lowest BCUT2D eigenvalue weighted by molar-refractivity contribution is -0.122. The van der Waals surface area contributed by atoms with Gasteiger partial charge in [-0.3, -0.25) is 9.59 Å². The zero-order valence-corrected chi connectivity index (χ0v) is 18.9. The molecule has 0 aliphatic carbocycles. The van der Waals surface area contributed by atoms with E-state index in [9.17, 15) is 9.59 Å². The van der Waals surface area contributed by atoms with Crippen LogP contribution < -0.4 is 15.0 Å². The molecule has 0 unspecified atom stereocenters. The van der Waals surface area contributed by atoms with E-state index in [1.807, 2.05) is 49.1 Å². The molecule has 1 aliphatic rings. The third-order valence-corrected chi connectivity index (χ3v) is 5.52. The molecule has 0 radical (unpaired) electrons. The first-order chi connectivity index (χ1) is 15.0. The van der Waals surface area contributed by atoms with Gasteiger partial charge >= 0.3 is 0 Å². The number of carbonyl (C=O) groups is 2. The molecule has 1 saturated heterocycles. The van der Waals surface area contributed by atoms with Crippen molar-refractivity contribution < 1.29 is 14.3 Å². The molecule has 2 aromatic carbocycles. The van der Waals surface area contributed by atoms with E-state index in [2.05, 4.69) is 5.32 Å². The predicted octanol–water partition coefficient (Wildman–Crippen LogP) is 3.55. The number of rotatable bonds is 9. The molecule has 1 atom stereocenters. The molecule has 1 aliphatic heterocycles. The van der Waals surface area contributed by atoms with Gasteiger partial charge in [-0.25, -0.2) is 4.90 Å². The van der Waals surface area contributed by atoms with Gasteiger partial charge in [0.2, 0.25) is 5.91 Å². The Labute approximate surface area is 189 Å². The second-order valence-electron chi connectivity index (χ2n) is 7.39. The van der Waals surface area contributed by atoms with E-state index >= 15 is 0 Å². The van der Waals surface area contributed by atoms with Gasteiger partial charge in [-0.15, -0.1) is 0 Å². The average Bonchev–Trinajstić information content (AvgIpc) is 3.07. The molecule has 31 heavy (non-hydrogen) atoms. The monoisotopic (exact) mass is 439 g/mol. The highest BCUT2D eigenvalue weighted by atomic mass is 32.1. The summed E-state index contributed by atoms with van der Waals surface area (Å²) < 4.78 is 5.60. The van der Waals surface area contributed by atoms with Crippen LogP contribution in [0.3, 0.4) is 0 Å². The predicted molar refractivity (Wildman–Crippen MR) is 126 cm³/mol. The summed E-state index contributed by atoms with van der Waals surface area (Å²) in [6.45, 7) is 5.83. The van der Waals surface area contributed by atoms with Crippen molar-refractivity contribution in [1.29, 1.82) is 0 Å². The summed E-state index contributed by atoms with van der Waals surface area (Å²) in [5.74, 6) is 0.251. The van der Waals surface area contributed by atoms with Gasteiger partial charge in [0.25, 0.3) is 5.91 Å². The van der Waals surface area contributed by atoms with E-state index < -0.39 is 6.04 Å². The van der Waals surface area contributed by atoms with Crippen LogP contribution in [0.2, 0.25) is 0 Å². The van der Waals surface area contributed by atoms with Gasteiger partial charge in [0.1, 0.15) is 11.8 Å². The number of nitrogens with one attached hydrogen (secondary N) is 1. The maximum absolute atomic E-state index is 13.3. The fourth-order valence-corrected chi connectivity index (χ4v) is 3.95. The van der Waals surface area contributed by atoms with Crippen molar-refractivity contribution in [3.8, 4) is 5.75 Å². The van der Waals surface area contributed by atoms with E-state index in [-0.39, 0.29) is 18.2 Å². The minimum Gasteiger partial charge on any atom is -0.494 e. The summed E-state index contributed by atoms with van der Waals surface area (Å²) in [5.41, 5.74) is 1.71. The number of benzene rings is 2. The summed E-state index contributed by atoms with van der Waals surface area (Å²) in [6.07, 6.45) is 1.75. The quantitative estimate of drug-likeness (QED) is 0.476. The minimum atomic E-state index is -0.612. The topological polar surface area (TPSA) is 61.9 Å². The molecule has 0 spiro atoms. The van der Waals surface area contributed by atoms with Crippen LogP contribution in [-0.4, -0.2) is 47.6 Å². The number of hydrogen-bond acceptors (Lipinski definition) is 4. The van der Waals surface area contributed by atoms with Gasteiger partial charge in [-0.05, 0) is 61.8 Å². The first-order valence-corrected chi connectivity index (χ1v) is 11.1. The molecule has 7 heteroatoms. The maximum Gasteiger partial charge on any atom is 0.257 e. The molecule has 6 nitrogen and oxygen atoms in total. The first kappa shape index (κ1) is 22.7. The van der Waals surface area contributed by atoms with Crippen LogP contribution in [0.15, 0.2) is 54.6 Å². The lowest BCUT2D eigenvalue weighted by Crippen LogP contribution is -2.50. The molecule has 3 rings (SSSR count). The number of ether oxygens (including phenoxy) is 1. The van der Waals surface area contributed by atoms with Gasteiger partial charge in [0.05, 0.1) is 18.7 Å². The summed E-state index contributed by atoms with van der Waals surface area (Å²) in [7, 11) is 0. The smallest absolute Gasteiger partial charge is 0.257 e. The largest absolute Gasteiger partial charge is 0.494 e. The fourth-order valence-electron chi connectivity index (χ4n) is 3.59. The van der Waals surface area contributed by atoms with Gasteiger partial charge < -0.3 is 15.0 Å². The molecule has 1 heterocycles. The van der Waals surface area contributed by atoms with Crippen LogP contribution in [0.4, 0.5) is 5.69 Å². The van der Waals surface area contributed by atoms with Crippen LogP contribution >= 0.6 is 12.2 Å². The highest BCUT2D eigenvalue weighted by molar-refractivity contribution is 7.80. The number of nitrogens with zero attached hydrogens (tertiary/aromatic N) is 2. The fraction of sp³-hybridized carbons (Fsp3) is 0.375. The normalized spacial score (nSPS) is 15.8. The van der Waals surface area contributed by atoms with Crippen LogP contribution in [0.5, 0.6) is 5.75 Å². The molecule has 164 valence electrons. The third kappa shape index (κ3) is 5.61. The number of carbonyl (C=O) groups excluding carboxylic acids is 2. The van der Waals surface area contributed by atoms with Crippen molar-refractivity contribution in [2.75, 3.05) is 24.6 Å². The van der Waals surface area contributed by atoms with Crippen molar-refractivity contribution in [3.63, 3.8) is 0 Å². The molecule has 2 amide bonds. The number of imide groups is 1. The average molecular weight is 440 g/mol. The van der Waals surface area contributed by atoms with Gasteiger partial charge in [0, 0.05) is 13.1 Å². The van der Waals surface area contributed by atoms with Crippen molar-refractivity contribution in [2.45, 2.75) is 39.2 Å². The molecule has 1 fully saturated rings. The number of hydrogen-bond donors (Lipinski definition) is 1. The van der Waals surface area contributed by atoms with Gasteiger partial charge in [-0.1, -0.05) is 37.3 Å². The van der Waals surface area contributed by atoms with E-state index in [1.54, 1.807) is 24.3 Å². The Bertz CT molecular complexity index is 902. The van der Waals surface area contributed by atoms with E-state index in [0.717, 1.165) is 24.2 Å². The SMILES string of the molecule is CCCOc1ccc(N2C(=O)C[C@@H](N(CCc3ccccc3)C(=S)NCC)C2=O)cc1. The Hall–Kier alpha value is -2.93. The van der Waals surface area contributed by atoms with E-state index in [1.165, 1.54) is 4.90 Å². The van der Waals surface area contributed by atoms with Crippen molar-refractivity contribution in [3.05, 3.63) is 60.2 Å². The zero-order chi connectivity index (χ0) is 22.2. The zero-order valence-electron chi connectivity index (χ0n) is 18.0. The lowest BCUT2D eigenvalue weighted by atomic mass is 10.1. The molecular formula is C24H29N3O3S. The van der Waals surface area contributed by atoms with Gasteiger partial charge in [0.15, 0.2) is 5.11 Å². The molecule has 0 saturated carbocycles. The summed E-state index contributed by atoms with van der Waals surface area (Å²) in [4.78, 5) is 29.2. The summed E-state index contributed by atoms with van der Waals surface area (Å²) in [6, 6.07) is 16.5. The Morgan fingerprint density at radius 3 is 2.48 bits per heavy atom. The Morgan fingerprint density at radius 1 is 1.13 bits per heavy atom. The Kier molecular flexibility index (Phi) is 8.00. The number of amides is 2.